The first-order valence-electron chi connectivity index (χ1n) is 7.46. The number of ether oxygens (including phenoxy) is 1. The summed E-state index contributed by atoms with van der Waals surface area (Å²) < 4.78 is 5.32. The number of nitrogens with zero attached hydrogens (tertiary/aromatic N) is 3. The molecule has 0 N–H and O–H groups in total. The van der Waals surface area contributed by atoms with E-state index in [-0.39, 0.29) is 11.4 Å². The molecule has 2 aliphatic rings. The Labute approximate surface area is 129 Å². The third-order valence-electron chi connectivity index (χ3n) is 4.85. The van der Waals surface area contributed by atoms with Crippen LogP contribution in [0, 0.1) is 12.8 Å². The van der Waals surface area contributed by atoms with Gasteiger partial charge < -0.3 is 9.64 Å². The van der Waals surface area contributed by atoms with Crippen molar-refractivity contribution >= 4 is 17.2 Å². The Hall–Kier alpha value is -0.980. The maximum atomic E-state index is 12.4. The summed E-state index contributed by atoms with van der Waals surface area (Å²) in [6.45, 7) is 5.49. The summed E-state index contributed by atoms with van der Waals surface area (Å²) in [5.74, 6) is 0.692. The maximum Gasteiger partial charge on any atom is 0.273 e. The Kier molecular flexibility index (Phi) is 4.03. The van der Waals surface area contributed by atoms with Crippen molar-refractivity contribution in [2.24, 2.45) is 5.92 Å². The van der Waals surface area contributed by atoms with Crippen LogP contribution in [0.1, 0.15) is 28.3 Å². The van der Waals surface area contributed by atoms with E-state index in [1.165, 1.54) is 17.8 Å². The molecule has 0 radical (unpaired) electrons. The van der Waals surface area contributed by atoms with Crippen LogP contribution in [-0.2, 0) is 4.74 Å². The van der Waals surface area contributed by atoms with Crippen molar-refractivity contribution in [3.63, 3.8) is 0 Å². The number of aromatic nitrogens is 1. The van der Waals surface area contributed by atoms with Crippen LogP contribution in [0.15, 0.2) is 5.38 Å². The van der Waals surface area contributed by atoms with Crippen LogP contribution in [0.5, 0.6) is 0 Å². The first kappa shape index (κ1) is 14.9. The summed E-state index contributed by atoms with van der Waals surface area (Å²) in [5, 5.41) is 2.81. The summed E-state index contributed by atoms with van der Waals surface area (Å²) in [7, 11) is 3.95. The lowest BCUT2D eigenvalue weighted by Gasteiger charge is -2.58. The summed E-state index contributed by atoms with van der Waals surface area (Å²) in [4.78, 5) is 21.1. The standard InChI is InChI=1S/C15H23N3O2S/c1-11-16-13(8-21-11)14(19)18-9-15(10-18)6-12(7-20-3)4-5-17(15)2/h8,12H,4-7,9-10H2,1-3H3/t12-/m0/s1. The molecule has 0 bridgehead atoms. The Morgan fingerprint density at radius 2 is 2.33 bits per heavy atom. The summed E-state index contributed by atoms with van der Waals surface area (Å²) >= 11 is 1.53. The molecule has 3 heterocycles. The van der Waals surface area contributed by atoms with Gasteiger partial charge in [0.15, 0.2) is 0 Å². The predicted octanol–water partition coefficient (Wildman–Crippen LogP) is 1.63. The molecule has 2 aliphatic heterocycles. The second-order valence-electron chi connectivity index (χ2n) is 6.37. The molecule has 1 atom stereocenters. The van der Waals surface area contributed by atoms with Gasteiger partial charge in [-0.3, -0.25) is 9.69 Å². The molecule has 21 heavy (non-hydrogen) atoms. The highest BCUT2D eigenvalue weighted by molar-refractivity contribution is 7.09. The maximum absolute atomic E-state index is 12.4. The molecule has 0 aliphatic carbocycles. The topological polar surface area (TPSA) is 45.7 Å². The normalized spacial score (nSPS) is 25.1. The number of hydrogen-bond acceptors (Lipinski definition) is 5. The number of aryl methyl sites for hydroxylation is 1. The zero-order chi connectivity index (χ0) is 15.0. The number of rotatable bonds is 3. The summed E-state index contributed by atoms with van der Waals surface area (Å²) in [6, 6.07) is 0. The van der Waals surface area contributed by atoms with Gasteiger partial charge in [-0.1, -0.05) is 0 Å². The average molecular weight is 309 g/mol. The molecule has 0 saturated carbocycles. The van der Waals surface area contributed by atoms with Crippen molar-refractivity contribution in [1.82, 2.24) is 14.8 Å². The Morgan fingerprint density at radius 1 is 1.57 bits per heavy atom. The molecular weight excluding hydrogens is 286 g/mol. The molecule has 116 valence electrons. The van der Waals surface area contributed by atoms with Gasteiger partial charge in [0.2, 0.25) is 0 Å². The van der Waals surface area contributed by atoms with Crippen LogP contribution >= 0.6 is 11.3 Å². The molecule has 0 unspecified atom stereocenters. The molecule has 2 saturated heterocycles. The van der Waals surface area contributed by atoms with Gasteiger partial charge in [0.1, 0.15) is 5.69 Å². The van der Waals surface area contributed by atoms with E-state index >= 15 is 0 Å². The van der Waals surface area contributed by atoms with E-state index in [4.69, 9.17) is 4.74 Å². The fourth-order valence-electron chi connectivity index (χ4n) is 3.59. The van der Waals surface area contributed by atoms with E-state index in [1.54, 1.807) is 7.11 Å². The second-order valence-corrected chi connectivity index (χ2v) is 7.44. The Morgan fingerprint density at radius 3 is 2.95 bits per heavy atom. The molecule has 1 aromatic rings. The average Bonchev–Trinajstić information content (AvgIpc) is 2.85. The summed E-state index contributed by atoms with van der Waals surface area (Å²) in [6.07, 6.45) is 2.31. The Balaban J connectivity index is 1.64. The van der Waals surface area contributed by atoms with Gasteiger partial charge in [-0.25, -0.2) is 4.98 Å². The zero-order valence-corrected chi connectivity index (χ0v) is 13.8. The van der Waals surface area contributed by atoms with Crippen molar-refractivity contribution in [3.05, 3.63) is 16.1 Å². The number of hydrogen-bond donors (Lipinski definition) is 0. The van der Waals surface area contributed by atoms with Crippen molar-refractivity contribution in [2.75, 3.05) is 40.4 Å². The van der Waals surface area contributed by atoms with Gasteiger partial charge in [0.05, 0.1) is 10.5 Å². The fourth-order valence-corrected chi connectivity index (χ4v) is 4.18. The van der Waals surface area contributed by atoms with E-state index in [9.17, 15) is 4.79 Å². The highest BCUT2D eigenvalue weighted by Gasteiger charge is 2.51. The van der Waals surface area contributed by atoms with Gasteiger partial charge in [0.25, 0.3) is 5.91 Å². The third-order valence-corrected chi connectivity index (χ3v) is 5.62. The summed E-state index contributed by atoms with van der Waals surface area (Å²) in [5.41, 5.74) is 0.751. The van der Waals surface area contributed by atoms with E-state index in [2.05, 4.69) is 16.9 Å². The number of carbonyl (C=O) groups is 1. The highest BCUT2D eigenvalue weighted by Crippen LogP contribution is 2.38. The number of carbonyl (C=O) groups excluding carboxylic acids is 1. The predicted molar refractivity (Wildman–Crippen MR) is 82.7 cm³/mol. The molecule has 1 amide bonds. The number of likely N-dealkylation sites (tertiary alicyclic amines) is 2. The van der Waals surface area contributed by atoms with Crippen LogP contribution < -0.4 is 0 Å². The molecule has 0 aromatic carbocycles. The van der Waals surface area contributed by atoms with Crippen LogP contribution in [-0.4, -0.2) is 66.6 Å². The van der Waals surface area contributed by atoms with E-state index in [1.807, 2.05) is 17.2 Å². The van der Waals surface area contributed by atoms with Crippen molar-refractivity contribution < 1.29 is 9.53 Å². The third kappa shape index (κ3) is 2.72. The molecule has 6 heteroatoms. The number of piperidine rings is 1. The first-order chi connectivity index (χ1) is 10.0. The fraction of sp³-hybridized carbons (Fsp3) is 0.733. The molecule has 1 aromatic heterocycles. The van der Waals surface area contributed by atoms with Gasteiger partial charge in [-0.2, -0.15) is 0 Å². The number of methoxy groups -OCH3 is 1. The molecule has 2 fully saturated rings. The molecule has 5 nitrogen and oxygen atoms in total. The number of amides is 1. The van der Waals surface area contributed by atoms with Crippen molar-refractivity contribution in [3.8, 4) is 0 Å². The monoisotopic (exact) mass is 309 g/mol. The van der Waals surface area contributed by atoms with E-state index < -0.39 is 0 Å². The van der Waals surface area contributed by atoms with E-state index in [0.29, 0.717) is 11.6 Å². The van der Waals surface area contributed by atoms with Crippen LogP contribution in [0.4, 0.5) is 0 Å². The lowest BCUT2D eigenvalue weighted by molar-refractivity contribution is -0.0732. The van der Waals surface area contributed by atoms with Gasteiger partial charge in [-0.05, 0) is 39.3 Å². The van der Waals surface area contributed by atoms with Crippen molar-refractivity contribution in [1.29, 1.82) is 0 Å². The van der Waals surface area contributed by atoms with E-state index in [0.717, 1.165) is 37.7 Å². The molecule has 3 rings (SSSR count). The minimum atomic E-state index is 0.0761. The zero-order valence-electron chi connectivity index (χ0n) is 13.0. The lowest BCUT2D eigenvalue weighted by Crippen LogP contribution is -2.72. The smallest absolute Gasteiger partial charge is 0.273 e. The van der Waals surface area contributed by atoms with Gasteiger partial charge in [0, 0.05) is 32.2 Å². The van der Waals surface area contributed by atoms with Gasteiger partial charge >= 0.3 is 0 Å². The van der Waals surface area contributed by atoms with Gasteiger partial charge in [-0.15, -0.1) is 11.3 Å². The second kappa shape index (κ2) is 5.66. The quantitative estimate of drug-likeness (QED) is 0.851. The number of thiazole rings is 1. The Bertz CT molecular complexity index is 525. The van der Waals surface area contributed by atoms with Crippen LogP contribution in [0.3, 0.4) is 0 Å². The first-order valence-corrected chi connectivity index (χ1v) is 8.33. The molecular formula is C15H23N3O2S. The highest BCUT2D eigenvalue weighted by atomic mass is 32.1. The van der Waals surface area contributed by atoms with Crippen LogP contribution in [0.25, 0.3) is 0 Å². The number of likely N-dealkylation sites (N-methyl/N-ethyl adjacent to an activating group) is 1. The minimum absolute atomic E-state index is 0.0761. The lowest BCUT2D eigenvalue weighted by atomic mass is 9.75. The van der Waals surface area contributed by atoms with Crippen molar-refractivity contribution in [2.45, 2.75) is 25.3 Å². The molecule has 1 spiro atoms. The van der Waals surface area contributed by atoms with Crippen LogP contribution in [0.2, 0.25) is 0 Å². The minimum Gasteiger partial charge on any atom is -0.384 e. The largest absolute Gasteiger partial charge is 0.384 e. The SMILES string of the molecule is COC[C@H]1CCN(C)C2(C1)CN(C(=O)c1csc(C)n1)C2.